The smallest absolute Gasteiger partial charge is 0.0372 e. The Balaban J connectivity index is 2.33. The fourth-order valence-corrected chi connectivity index (χ4v) is 1.75. The molecule has 0 amide bonds. The van der Waals surface area contributed by atoms with Gasteiger partial charge in [-0.3, -0.25) is 9.97 Å². The second kappa shape index (κ2) is 4.86. The first-order valence-corrected chi connectivity index (χ1v) is 5.34. The van der Waals surface area contributed by atoms with Gasteiger partial charge in [-0.1, -0.05) is 6.07 Å². The molecular weight excluding hydrogens is 198 g/mol. The number of hydrogen-bond acceptors (Lipinski definition) is 3. The van der Waals surface area contributed by atoms with E-state index in [4.69, 9.17) is 5.73 Å². The van der Waals surface area contributed by atoms with Gasteiger partial charge in [0.15, 0.2) is 0 Å². The molecule has 2 heterocycles. The summed E-state index contributed by atoms with van der Waals surface area (Å²) in [6.45, 7) is 2.56. The Morgan fingerprint density at radius 3 is 2.44 bits per heavy atom. The molecule has 16 heavy (non-hydrogen) atoms. The molecule has 3 nitrogen and oxygen atoms in total. The topological polar surface area (TPSA) is 51.8 Å². The van der Waals surface area contributed by atoms with E-state index < -0.39 is 0 Å². The van der Waals surface area contributed by atoms with Crippen molar-refractivity contribution < 1.29 is 0 Å². The first-order valence-electron chi connectivity index (χ1n) is 5.34. The number of aromatic nitrogens is 2. The average molecular weight is 213 g/mol. The van der Waals surface area contributed by atoms with Crippen molar-refractivity contribution in [1.29, 1.82) is 0 Å². The number of rotatable bonds is 3. The molecule has 1 atom stereocenters. The fourth-order valence-electron chi connectivity index (χ4n) is 1.75. The molecule has 0 aliphatic heterocycles. The van der Waals surface area contributed by atoms with E-state index in [1.807, 2.05) is 31.3 Å². The van der Waals surface area contributed by atoms with Crippen LogP contribution in [0.3, 0.4) is 0 Å². The Morgan fingerprint density at radius 1 is 1.12 bits per heavy atom. The quantitative estimate of drug-likeness (QED) is 0.846. The summed E-state index contributed by atoms with van der Waals surface area (Å²) in [6.07, 6.45) is 5.48. The molecule has 0 aromatic carbocycles. The summed E-state index contributed by atoms with van der Waals surface area (Å²) >= 11 is 0. The molecule has 0 saturated carbocycles. The molecule has 0 radical (unpaired) electrons. The van der Waals surface area contributed by atoms with E-state index in [2.05, 4.69) is 16.0 Å². The third-order valence-corrected chi connectivity index (χ3v) is 2.68. The molecule has 0 bridgehead atoms. The number of aryl methyl sites for hydroxylation is 1. The monoisotopic (exact) mass is 213 g/mol. The van der Waals surface area contributed by atoms with Gasteiger partial charge in [-0.05, 0) is 36.2 Å². The van der Waals surface area contributed by atoms with Crippen LogP contribution in [-0.4, -0.2) is 16.5 Å². The highest BCUT2D eigenvalue weighted by Crippen LogP contribution is 2.22. The minimum atomic E-state index is 0.205. The lowest BCUT2D eigenvalue weighted by Gasteiger charge is -2.15. The Morgan fingerprint density at radius 2 is 1.88 bits per heavy atom. The predicted octanol–water partition coefficient (Wildman–Crippen LogP) is 1.88. The highest BCUT2D eigenvalue weighted by molar-refractivity contribution is 5.30. The van der Waals surface area contributed by atoms with E-state index in [1.165, 1.54) is 5.56 Å². The summed E-state index contributed by atoms with van der Waals surface area (Å²) in [6, 6.07) is 8.09. The van der Waals surface area contributed by atoms with Crippen LogP contribution in [0.5, 0.6) is 0 Å². The second-order valence-corrected chi connectivity index (χ2v) is 3.80. The summed E-state index contributed by atoms with van der Waals surface area (Å²) in [4.78, 5) is 8.32. The molecule has 2 rings (SSSR count). The number of nitrogens with zero attached hydrogens (tertiary/aromatic N) is 2. The van der Waals surface area contributed by atoms with Gasteiger partial charge in [0, 0.05) is 36.7 Å². The van der Waals surface area contributed by atoms with Crippen LogP contribution in [0.4, 0.5) is 0 Å². The van der Waals surface area contributed by atoms with Gasteiger partial charge in [0.05, 0.1) is 0 Å². The summed E-state index contributed by atoms with van der Waals surface area (Å²) in [5.41, 5.74) is 9.18. The van der Waals surface area contributed by atoms with Crippen LogP contribution in [-0.2, 0) is 0 Å². The maximum absolute atomic E-state index is 5.83. The fraction of sp³-hybridized carbons (Fsp3) is 0.231. The van der Waals surface area contributed by atoms with Gasteiger partial charge in [-0.15, -0.1) is 0 Å². The molecule has 0 saturated heterocycles. The number of nitrogens with two attached hydrogens (primary N) is 1. The van der Waals surface area contributed by atoms with E-state index in [-0.39, 0.29) is 5.92 Å². The Kier molecular flexibility index (Phi) is 3.27. The minimum absolute atomic E-state index is 0.205. The standard InChI is InChI=1S/C13H15N3/c1-10-2-3-12(9-16-10)13(8-14)11-4-6-15-7-5-11/h2-7,9,13H,8,14H2,1H3. The van der Waals surface area contributed by atoms with E-state index in [0.717, 1.165) is 11.3 Å². The van der Waals surface area contributed by atoms with Crippen LogP contribution >= 0.6 is 0 Å². The van der Waals surface area contributed by atoms with E-state index in [1.54, 1.807) is 12.4 Å². The van der Waals surface area contributed by atoms with Crippen molar-refractivity contribution in [3.8, 4) is 0 Å². The molecule has 2 aromatic heterocycles. The van der Waals surface area contributed by atoms with Gasteiger partial charge >= 0.3 is 0 Å². The van der Waals surface area contributed by atoms with Crippen LogP contribution in [0.2, 0.25) is 0 Å². The van der Waals surface area contributed by atoms with E-state index >= 15 is 0 Å². The number of hydrogen-bond donors (Lipinski definition) is 1. The molecule has 2 N–H and O–H groups in total. The van der Waals surface area contributed by atoms with Crippen molar-refractivity contribution in [2.45, 2.75) is 12.8 Å². The maximum Gasteiger partial charge on any atom is 0.0372 e. The van der Waals surface area contributed by atoms with Crippen molar-refractivity contribution in [3.63, 3.8) is 0 Å². The molecule has 0 spiro atoms. The van der Waals surface area contributed by atoms with E-state index in [9.17, 15) is 0 Å². The first-order chi connectivity index (χ1) is 7.81. The van der Waals surface area contributed by atoms with Crippen molar-refractivity contribution >= 4 is 0 Å². The predicted molar refractivity (Wildman–Crippen MR) is 64.1 cm³/mol. The Bertz CT molecular complexity index is 436. The van der Waals surface area contributed by atoms with Gasteiger partial charge in [0.1, 0.15) is 0 Å². The van der Waals surface area contributed by atoms with Crippen molar-refractivity contribution in [2.24, 2.45) is 5.73 Å². The first kappa shape index (κ1) is 10.8. The minimum Gasteiger partial charge on any atom is -0.330 e. The van der Waals surface area contributed by atoms with Crippen LogP contribution in [0.15, 0.2) is 42.9 Å². The maximum atomic E-state index is 5.83. The van der Waals surface area contributed by atoms with Crippen LogP contribution in [0, 0.1) is 6.92 Å². The zero-order chi connectivity index (χ0) is 11.4. The van der Waals surface area contributed by atoms with Crippen molar-refractivity contribution in [3.05, 3.63) is 59.7 Å². The largest absolute Gasteiger partial charge is 0.330 e. The molecule has 0 aliphatic rings. The summed E-state index contributed by atoms with van der Waals surface area (Å²) in [5, 5.41) is 0. The summed E-state index contributed by atoms with van der Waals surface area (Å²) in [7, 11) is 0. The van der Waals surface area contributed by atoms with Gasteiger partial charge in [0.25, 0.3) is 0 Å². The van der Waals surface area contributed by atoms with Crippen molar-refractivity contribution in [2.75, 3.05) is 6.54 Å². The molecule has 3 heteroatoms. The lowest BCUT2D eigenvalue weighted by atomic mass is 9.93. The Hall–Kier alpha value is -1.74. The second-order valence-electron chi connectivity index (χ2n) is 3.80. The van der Waals surface area contributed by atoms with Gasteiger partial charge < -0.3 is 5.73 Å². The van der Waals surface area contributed by atoms with Crippen LogP contribution in [0.25, 0.3) is 0 Å². The summed E-state index contributed by atoms with van der Waals surface area (Å²) in [5.74, 6) is 0.205. The van der Waals surface area contributed by atoms with Crippen molar-refractivity contribution in [1.82, 2.24) is 9.97 Å². The zero-order valence-electron chi connectivity index (χ0n) is 9.30. The Labute approximate surface area is 95.4 Å². The summed E-state index contributed by atoms with van der Waals surface area (Å²) < 4.78 is 0. The average Bonchev–Trinajstić information content (AvgIpc) is 2.34. The molecule has 82 valence electrons. The third-order valence-electron chi connectivity index (χ3n) is 2.68. The van der Waals surface area contributed by atoms with E-state index in [0.29, 0.717) is 6.54 Å². The normalized spacial score (nSPS) is 12.4. The molecule has 2 aromatic rings. The molecule has 1 unspecified atom stereocenters. The third kappa shape index (κ3) is 2.25. The molecule has 0 aliphatic carbocycles. The zero-order valence-corrected chi connectivity index (χ0v) is 9.30. The van der Waals surface area contributed by atoms with Crippen LogP contribution in [0.1, 0.15) is 22.7 Å². The van der Waals surface area contributed by atoms with Gasteiger partial charge in [-0.25, -0.2) is 0 Å². The highest BCUT2D eigenvalue weighted by Gasteiger charge is 2.11. The lowest BCUT2D eigenvalue weighted by molar-refractivity contribution is 0.809. The highest BCUT2D eigenvalue weighted by atomic mass is 14.7. The SMILES string of the molecule is Cc1ccc(C(CN)c2ccncc2)cn1. The number of pyridine rings is 2. The van der Waals surface area contributed by atoms with Gasteiger partial charge in [-0.2, -0.15) is 0 Å². The van der Waals surface area contributed by atoms with Gasteiger partial charge in [0.2, 0.25) is 0 Å². The lowest BCUT2D eigenvalue weighted by Crippen LogP contribution is -2.14. The van der Waals surface area contributed by atoms with Crippen LogP contribution < -0.4 is 5.73 Å². The molecular formula is C13H15N3. The molecule has 0 fully saturated rings.